The number of halogens is 1. The van der Waals surface area contributed by atoms with Crippen LogP contribution in [0.2, 0.25) is 0 Å². The lowest BCUT2D eigenvalue weighted by Crippen LogP contribution is -2.21. The summed E-state index contributed by atoms with van der Waals surface area (Å²) in [7, 11) is -12.7. The summed E-state index contributed by atoms with van der Waals surface area (Å²) < 4.78 is 89.7. The third-order valence-corrected chi connectivity index (χ3v) is 9.22. The van der Waals surface area contributed by atoms with Crippen molar-refractivity contribution in [1.29, 1.82) is 0 Å². The lowest BCUT2D eigenvalue weighted by Gasteiger charge is -2.18. The Morgan fingerprint density at radius 2 is 1.61 bits per heavy atom. The van der Waals surface area contributed by atoms with Crippen LogP contribution in [0.3, 0.4) is 0 Å². The maximum atomic E-state index is 12.0. The SMILES string of the molecule is CC(CCS(=O)(=O)CCCl)Nc1ccc2cc(S(=O)(=O)O)cc(O)c2c1N=Nc1ccccc1S(=O)(=O)O. The Morgan fingerprint density at radius 1 is 0.921 bits per heavy atom. The third-order valence-electron chi connectivity index (χ3n) is 5.39. The predicted octanol–water partition coefficient (Wildman–Crippen LogP) is 4.30. The number of alkyl halides is 1. The van der Waals surface area contributed by atoms with Crippen molar-refractivity contribution in [2.75, 3.05) is 22.7 Å². The minimum atomic E-state index is -4.65. The number of sulfone groups is 1. The van der Waals surface area contributed by atoms with Crippen molar-refractivity contribution in [1.82, 2.24) is 0 Å². The minimum absolute atomic E-state index is 0.0115. The topological polar surface area (TPSA) is 200 Å². The molecule has 0 saturated heterocycles. The molecule has 206 valence electrons. The lowest BCUT2D eigenvalue weighted by molar-refractivity contribution is 0.471. The van der Waals surface area contributed by atoms with Crippen LogP contribution in [0.5, 0.6) is 5.75 Å². The van der Waals surface area contributed by atoms with E-state index < -0.39 is 51.7 Å². The predicted molar refractivity (Wildman–Crippen MR) is 143 cm³/mol. The van der Waals surface area contributed by atoms with Crippen molar-refractivity contribution < 1.29 is 39.5 Å². The number of rotatable bonds is 11. The Kier molecular flexibility index (Phi) is 9.00. The molecule has 0 bridgehead atoms. The molecule has 0 aromatic heterocycles. The Hall–Kier alpha value is -2.82. The van der Waals surface area contributed by atoms with Gasteiger partial charge in [0, 0.05) is 18.0 Å². The molecule has 3 rings (SSSR count). The molecule has 0 saturated carbocycles. The van der Waals surface area contributed by atoms with Crippen LogP contribution in [0.4, 0.5) is 17.1 Å². The highest BCUT2D eigenvalue weighted by atomic mass is 35.5. The summed E-state index contributed by atoms with van der Waals surface area (Å²) in [5.41, 5.74) is -0.00237. The first kappa shape index (κ1) is 29.7. The third kappa shape index (κ3) is 7.39. The molecular weight excluding hydrogens is 582 g/mol. The van der Waals surface area contributed by atoms with E-state index in [0.29, 0.717) is 0 Å². The molecule has 0 spiro atoms. The molecule has 0 aliphatic heterocycles. The normalized spacial score (nSPS) is 13.7. The molecule has 0 heterocycles. The summed E-state index contributed by atoms with van der Waals surface area (Å²) in [6.45, 7) is 1.70. The van der Waals surface area contributed by atoms with E-state index in [1.165, 1.54) is 30.3 Å². The first-order valence-electron chi connectivity index (χ1n) is 10.9. The fourth-order valence-corrected chi connectivity index (χ4v) is 6.56. The standard InChI is InChI=1S/C22H24ClN3O9S3/c1-14(8-10-36(28,29)11-9-23)24-18-7-6-15-12-16(37(30,31)32)13-19(27)21(15)22(18)26-25-17-4-2-3-5-20(17)38(33,34)35/h2-7,12-14,24,27H,8-11H2,1H3,(H,30,31,32)(H,33,34,35). The fraction of sp³-hybridized carbons (Fsp3) is 0.273. The van der Waals surface area contributed by atoms with Gasteiger partial charge >= 0.3 is 0 Å². The Bertz CT molecular complexity index is 1710. The van der Waals surface area contributed by atoms with Crippen LogP contribution in [0.25, 0.3) is 10.8 Å². The highest BCUT2D eigenvalue weighted by molar-refractivity contribution is 7.91. The summed E-state index contributed by atoms with van der Waals surface area (Å²) in [5.74, 6) is -0.931. The molecule has 3 aromatic rings. The molecular formula is C22H24ClN3O9S3. The van der Waals surface area contributed by atoms with Crippen molar-refractivity contribution in [3.05, 3.63) is 48.5 Å². The van der Waals surface area contributed by atoms with E-state index in [0.717, 1.165) is 18.2 Å². The summed E-state index contributed by atoms with van der Waals surface area (Å²) in [5, 5.41) is 21.9. The number of anilines is 1. The zero-order chi connectivity index (χ0) is 28.3. The average molecular weight is 606 g/mol. The lowest BCUT2D eigenvalue weighted by atomic mass is 10.1. The molecule has 16 heteroatoms. The zero-order valence-corrected chi connectivity index (χ0v) is 23.0. The van der Waals surface area contributed by atoms with Gasteiger partial charge in [0.05, 0.1) is 27.5 Å². The minimum Gasteiger partial charge on any atom is -0.507 e. The number of phenolic OH excluding ortho intramolecular Hbond substituents is 1. The number of nitrogens with zero attached hydrogens (tertiary/aromatic N) is 2. The van der Waals surface area contributed by atoms with E-state index in [9.17, 15) is 39.5 Å². The second-order valence-corrected chi connectivity index (χ2v) is 13.8. The van der Waals surface area contributed by atoms with Gasteiger partial charge in [0.25, 0.3) is 20.2 Å². The number of hydrogen-bond acceptors (Lipinski definition) is 10. The maximum absolute atomic E-state index is 12.0. The van der Waals surface area contributed by atoms with Crippen LogP contribution in [0.15, 0.2) is 68.6 Å². The molecule has 0 radical (unpaired) electrons. The van der Waals surface area contributed by atoms with E-state index in [4.69, 9.17) is 11.6 Å². The fourth-order valence-electron chi connectivity index (χ4n) is 3.54. The van der Waals surface area contributed by atoms with Crippen molar-refractivity contribution in [2.24, 2.45) is 10.2 Å². The van der Waals surface area contributed by atoms with Gasteiger partial charge < -0.3 is 10.4 Å². The summed E-state index contributed by atoms with van der Waals surface area (Å²) >= 11 is 5.54. The second-order valence-electron chi connectivity index (χ2n) is 8.29. The van der Waals surface area contributed by atoms with Gasteiger partial charge in [-0.1, -0.05) is 18.2 Å². The zero-order valence-electron chi connectivity index (χ0n) is 19.8. The van der Waals surface area contributed by atoms with Crippen molar-refractivity contribution in [3.8, 4) is 5.75 Å². The molecule has 4 N–H and O–H groups in total. The van der Waals surface area contributed by atoms with Crippen LogP contribution in [0, 0.1) is 0 Å². The largest absolute Gasteiger partial charge is 0.507 e. The smallest absolute Gasteiger partial charge is 0.296 e. The number of aromatic hydroxyl groups is 1. The average Bonchev–Trinajstić information content (AvgIpc) is 2.81. The summed E-state index contributed by atoms with van der Waals surface area (Å²) in [4.78, 5) is -1.09. The molecule has 3 aromatic carbocycles. The number of azo groups is 1. The van der Waals surface area contributed by atoms with Gasteiger partial charge in [-0.15, -0.1) is 21.8 Å². The molecule has 0 amide bonds. The van der Waals surface area contributed by atoms with Gasteiger partial charge in [-0.2, -0.15) is 16.8 Å². The van der Waals surface area contributed by atoms with Crippen molar-refractivity contribution in [2.45, 2.75) is 29.2 Å². The van der Waals surface area contributed by atoms with E-state index in [1.54, 1.807) is 6.92 Å². The number of fused-ring (bicyclic) bond motifs is 1. The number of nitrogens with one attached hydrogen (secondary N) is 1. The molecule has 0 aliphatic rings. The summed E-state index contributed by atoms with van der Waals surface area (Å²) in [6.07, 6.45) is 0.188. The van der Waals surface area contributed by atoms with Crippen LogP contribution in [-0.4, -0.2) is 62.9 Å². The number of benzene rings is 3. The van der Waals surface area contributed by atoms with E-state index in [2.05, 4.69) is 15.5 Å². The number of phenols is 1. The van der Waals surface area contributed by atoms with Crippen molar-refractivity contribution in [3.63, 3.8) is 0 Å². The monoisotopic (exact) mass is 605 g/mol. The molecule has 0 aliphatic carbocycles. The van der Waals surface area contributed by atoms with E-state index in [1.807, 2.05) is 0 Å². The maximum Gasteiger partial charge on any atom is 0.296 e. The Balaban J connectivity index is 2.14. The Labute approximate surface area is 224 Å². The molecule has 12 nitrogen and oxygen atoms in total. The highest BCUT2D eigenvalue weighted by Crippen LogP contribution is 2.42. The first-order chi connectivity index (χ1) is 17.6. The number of hydrogen-bond donors (Lipinski definition) is 4. The highest BCUT2D eigenvalue weighted by Gasteiger charge is 2.20. The van der Waals surface area contributed by atoms with Crippen molar-refractivity contribution >= 4 is 69.5 Å². The van der Waals surface area contributed by atoms with Gasteiger partial charge in [0.1, 0.15) is 22.0 Å². The van der Waals surface area contributed by atoms with Gasteiger partial charge in [0.2, 0.25) is 0 Å². The molecule has 1 atom stereocenters. The van der Waals surface area contributed by atoms with Crippen LogP contribution in [-0.2, 0) is 30.1 Å². The van der Waals surface area contributed by atoms with Gasteiger partial charge in [-0.25, -0.2) is 8.42 Å². The molecule has 1 unspecified atom stereocenters. The van der Waals surface area contributed by atoms with Crippen LogP contribution in [0.1, 0.15) is 13.3 Å². The van der Waals surface area contributed by atoms with E-state index >= 15 is 0 Å². The van der Waals surface area contributed by atoms with Gasteiger partial charge in [-0.3, -0.25) is 9.11 Å². The quantitative estimate of drug-likeness (QED) is 0.139. The van der Waals surface area contributed by atoms with Gasteiger partial charge in [0.15, 0.2) is 9.84 Å². The van der Waals surface area contributed by atoms with Crippen LogP contribution < -0.4 is 5.32 Å². The second kappa shape index (κ2) is 11.5. The molecule has 38 heavy (non-hydrogen) atoms. The van der Waals surface area contributed by atoms with E-state index in [-0.39, 0.29) is 51.6 Å². The Morgan fingerprint density at radius 3 is 2.24 bits per heavy atom. The molecule has 0 fully saturated rings. The van der Waals surface area contributed by atoms with Crippen LogP contribution >= 0.6 is 11.6 Å². The first-order valence-corrected chi connectivity index (χ1v) is 16.1. The summed E-state index contributed by atoms with van der Waals surface area (Å²) in [6, 6.07) is 9.62. The van der Waals surface area contributed by atoms with Gasteiger partial charge in [-0.05, 0) is 43.0 Å².